The normalized spacial score (nSPS) is 17.7. The van der Waals surface area contributed by atoms with E-state index in [1.165, 1.54) is 10.4 Å². The average molecular weight is 382 g/mol. The van der Waals surface area contributed by atoms with Crippen molar-refractivity contribution >= 4 is 33.0 Å². The highest BCUT2D eigenvalue weighted by molar-refractivity contribution is 7.93. The van der Waals surface area contributed by atoms with E-state index in [1.807, 2.05) is 19.1 Å². The Morgan fingerprint density at radius 1 is 1.28 bits per heavy atom. The second kappa shape index (κ2) is 6.62. The van der Waals surface area contributed by atoms with Crippen LogP contribution in [0.1, 0.15) is 12.5 Å². The molecule has 0 amide bonds. The second-order valence-corrected chi connectivity index (χ2v) is 8.06. The van der Waals surface area contributed by atoms with Crippen LogP contribution in [0.5, 0.6) is 0 Å². The quantitative estimate of drug-likeness (QED) is 0.651. The number of anilines is 1. The minimum absolute atomic E-state index is 0.0704. The van der Waals surface area contributed by atoms with Gasteiger partial charge in [-0.2, -0.15) is 0 Å². The molecule has 0 saturated heterocycles. The molecule has 0 aromatic heterocycles. The summed E-state index contributed by atoms with van der Waals surface area (Å²) >= 11 is 6.06. The Bertz CT molecular complexity index is 933. The predicted octanol–water partition coefficient (Wildman–Crippen LogP) is 2.94. The van der Waals surface area contributed by atoms with Gasteiger partial charge in [-0.3, -0.25) is 14.4 Å². The molecule has 2 aromatic rings. The summed E-state index contributed by atoms with van der Waals surface area (Å²) in [5.41, 5.74) is 1.18. The Morgan fingerprint density at radius 2 is 2.00 bits per heavy atom. The number of fused-ring (bicyclic) bond motifs is 1. The number of halogens is 1. The number of sulfonamides is 1. The van der Waals surface area contributed by atoms with Crippen molar-refractivity contribution in [1.82, 2.24) is 5.32 Å². The SMILES string of the molecule is CC1CN(S(=O)(=O)c2ccc([N+](=O)[O-])cc2Cl)c2ccccc2CN1. The molecule has 25 heavy (non-hydrogen) atoms. The molecule has 0 radical (unpaired) electrons. The molecular weight excluding hydrogens is 366 g/mol. The maximum absolute atomic E-state index is 13.2. The molecule has 0 aliphatic carbocycles. The predicted molar refractivity (Wildman–Crippen MR) is 95.4 cm³/mol. The van der Waals surface area contributed by atoms with Crippen molar-refractivity contribution in [2.24, 2.45) is 0 Å². The Morgan fingerprint density at radius 3 is 2.68 bits per heavy atom. The van der Waals surface area contributed by atoms with Gasteiger partial charge in [0.2, 0.25) is 0 Å². The molecule has 1 aliphatic heterocycles. The Hall–Kier alpha value is -2.16. The molecule has 0 saturated carbocycles. The van der Waals surface area contributed by atoms with Crippen molar-refractivity contribution in [3.05, 3.63) is 63.2 Å². The fourth-order valence-corrected chi connectivity index (χ4v) is 4.87. The zero-order valence-corrected chi connectivity index (χ0v) is 14.9. The third kappa shape index (κ3) is 3.33. The van der Waals surface area contributed by atoms with E-state index in [0.29, 0.717) is 12.2 Å². The van der Waals surface area contributed by atoms with Crippen LogP contribution >= 0.6 is 11.6 Å². The molecule has 1 heterocycles. The van der Waals surface area contributed by atoms with E-state index in [0.717, 1.165) is 17.7 Å². The van der Waals surface area contributed by atoms with Crippen LogP contribution in [0.3, 0.4) is 0 Å². The molecule has 132 valence electrons. The number of nitrogens with zero attached hydrogens (tertiary/aromatic N) is 2. The smallest absolute Gasteiger partial charge is 0.271 e. The van der Waals surface area contributed by atoms with Gasteiger partial charge in [-0.25, -0.2) is 8.42 Å². The van der Waals surface area contributed by atoms with Gasteiger partial charge in [0.25, 0.3) is 15.7 Å². The molecule has 1 unspecified atom stereocenters. The van der Waals surface area contributed by atoms with Crippen molar-refractivity contribution in [3.8, 4) is 0 Å². The van der Waals surface area contributed by atoms with Gasteiger partial charge in [-0.1, -0.05) is 29.8 Å². The molecule has 1 aliphatic rings. The van der Waals surface area contributed by atoms with Crippen molar-refractivity contribution in [3.63, 3.8) is 0 Å². The monoisotopic (exact) mass is 381 g/mol. The van der Waals surface area contributed by atoms with E-state index in [1.54, 1.807) is 12.1 Å². The summed E-state index contributed by atoms with van der Waals surface area (Å²) in [7, 11) is -3.97. The number of nitro groups is 1. The number of nitro benzene ring substituents is 1. The number of benzene rings is 2. The lowest BCUT2D eigenvalue weighted by atomic mass is 10.2. The van der Waals surface area contributed by atoms with Crippen LogP contribution in [-0.2, 0) is 16.6 Å². The molecule has 0 bridgehead atoms. The molecular formula is C16H16ClN3O4S. The van der Waals surface area contributed by atoms with Crippen LogP contribution in [0.15, 0.2) is 47.4 Å². The van der Waals surface area contributed by atoms with E-state index in [4.69, 9.17) is 11.6 Å². The maximum atomic E-state index is 13.2. The molecule has 0 fully saturated rings. The van der Waals surface area contributed by atoms with Crippen LogP contribution in [0.2, 0.25) is 5.02 Å². The summed E-state index contributed by atoms with van der Waals surface area (Å²) in [5.74, 6) is 0. The fraction of sp³-hybridized carbons (Fsp3) is 0.250. The Kier molecular flexibility index (Phi) is 4.68. The van der Waals surface area contributed by atoms with Crippen molar-refractivity contribution in [1.29, 1.82) is 0 Å². The van der Waals surface area contributed by atoms with E-state index in [2.05, 4.69) is 5.32 Å². The first-order valence-corrected chi connectivity index (χ1v) is 9.40. The van der Waals surface area contributed by atoms with E-state index in [-0.39, 0.29) is 28.2 Å². The number of hydrogen-bond acceptors (Lipinski definition) is 5. The average Bonchev–Trinajstić information content (AvgIpc) is 2.74. The van der Waals surface area contributed by atoms with Gasteiger partial charge in [0.1, 0.15) is 4.90 Å². The largest absolute Gasteiger partial charge is 0.308 e. The first-order valence-electron chi connectivity index (χ1n) is 7.58. The van der Waals surface area contributed by atoms with Crippen LogP contribution in [-0.4, -0.2) is 25.9 Å². The summed E-state index contributed by atoms with van der Waals surface area (Å²) in [6, 6.07) is 10.5. The molecule has 0 spiro atoms. The fourth-order valence-electron chi connectivity index (χ4n) is 2.76. The standard InChI is InChI=1S/C16H16ClN3O4S/c1-11-10-19(15-5-3-2-4-12(15)9-18-11)25(23,24)16-7-6-13(20(21)22)8-14(16)17/h2-8,11,18H,9-10H2,1H3. The van der Waals surface area contributed by atoms with Crippen molar-refractivity contribution in [2.75, 3.05) is 10.8 Å². The topological polar surface area (TPSA) is 92.5 Å². The lowest BCUT2D eigenvalue weighted by Crippen LogP contribution is -2.39. The van der Waals surface area contributed by atoms with Crippen molar-refractivity contribution in [2.45, 2.75) is 24.4 Å². The van der Waals surface area contributed by atoms with Crippen LogP contribution in [0.25, 0.3) is 0 Å². The molecule has 1 N–H and O–H groups in total. The zero-order valence-electron chi connectivity index (χ0n) is 13.3. The second-order valence-electron chi connectivity index (χ2n) is 5.82. The van der Waals surface area contributed by atoms with Gasteiger partial charge in [0.15, 0.2) is 0 Å². The van der Waals surface area contributed by atoms with Crippen LogP contribution in [0.4, 0.5) is 11.4 Å². The number of rotatable bonds is 3. The number of hydrogen-bond donors (Lipinski definition) is 1. The van der Waals surface area contributed by atoms with Gasteiger partial charge < -0.3 is 5.32 Å². The highest BCUT2D eigenvalue weighted by atomic mass is 35.5. The minimum atomic E-state index is -3.97. The number of nitrogens with one attached hydrogen (secondary N) is 1. The van der Waals surface area contributed by atoms with E-state index in [9.17, 15) is 18.5 Å². The zero-order chi connectivity index (χ0) is 18.2. The van der Waals surface area contributed by atoms with E-state index < -0.39 is 14.9 Å². The maximum Gasteiger partial charge on any atom is 0.271 e. The lowest BCUT2D eigenvalue weighted by molar-refractivity contribution is -0.384. The lowest BCUT2D eigenvalue weighted by Gasteiger charge is -2.26. The van der Waals surface area contributed by atoms with E-state index >= 15 is 0 Å². The van der Waals surface area contributed by atoms with Crippen LogP contribution < -0.4 is 9.62 Å². The summed E-state index contributed by atoms with van der Waals surface area (Å²) in [4.78, 5) is 10.1. The minimum Gasteiger partial charge on any atom is -0.308 e. The third-order valence-electron chi connectivity index (χ3n) is 4.04. The summed E-state index contributed by atoms with van der Waals surface area (Å²) < 4.78 is 27.7. The summed E-state index contributed by atoms with van der Waals surface area (Å²) in [5, 5.41) is 13.9. The first-order chi connectivity index (χ1) is 11.8. The Labute approximate surface area is 150 Å². The highest BCUT2D eigenvalue weighted by Gasteiger charge is 2.32. The van der Waals surface area contributed by atoms with Gasteiger partial charge >= 0.3 is 0 Å². The van der Waals surface area contributed by atoms with Gasteiger partial charge in [-0.05, 0) is 24.6 Å². The van der Waals surface area contributed by atoms with Gasteiger partial charge in [-0.15, -0.1) is 0 Å². The van der Waals surface area contributed by atoms with Gasteiger partial charge in [0.05, 0.1) is 15.6 Å². The summed E-state index contributed by atoms with van der Waals surface area (Å²) in [6.45, 7) is 2.68. The summed E-state index contributed by atoms with van der Waals surface area (Å²) in [6.07, 6.45) is 0. The Balaban J connectivity index is 2.12. The van der Waals surface area contributed by atoms with Crippen molar-refractivity contribution < 1.29 is 13.3 Å². The molecule has 3 rings (SSSR count). The first kappa shape index (κ1) is 17.7. The molecule has 9 heteroatoms. The molecule has 2 aromatic carbocycles. The third-order valence-corrected chi connectivity index (χ3v) is 6.30. The highest BCUT2D eigenvalue weighted by Crippen LogP contribution is 2.33. The molecule has 1 atom stereocenters. The van der Waals surface area contributed by atoms with Crippen LogP contribution in [0, 0.1) is 10.1 Å². The molecule has 7 nitrogen and oxygen atoms in total. The number of non-ortho nitro benzene ring substituents is 1. The van der Waals surface area contributed by atoms with Gasteiger partial charge in [0, 0.05) is 31.3 Å². The number of para-hydroxylation sites is 1.